The number of benzene rings is 1. The van der Waals surface area contributed by atoms with Crippen molar-refractivity contribution in [3.63, 3.8) is 0 Å². The summed E-state index contributed by atoms with van der Waals surface area (Å²) in [6.45, 7) is 8.13. The van der Waals surface area contributed by atoms with Crippen LogP contribution >= 0.6 is 0 Å². The van der Waals surface area contributed by atoms with E-state index in [0.29, 0.717) is 5.69 Å². The molecule has 1 aliphatic rings. The van der Waals surface area contributed by atoms with Gasteiger partial charge in [0.15, 0.2) is 0 Å². The van der Waals surface area contributed by atoms with E-state index in [9.17, 15) is 14.7 Å². The smallest absolute Gasteiger partial charge is 0.313 e. The van der Waals surface area contributed by atoms with Gasteiger partial charge in [-0.15, -0.1) is 0 Å². The molecule has 1 saturated carbocycles. The molecular formula is C19H28N2O3. The van der Waals surface area contributed by atoms with Crippen LogP contribution in [-0.4, -0.2) is 29.6 Å². The molecule has 1 aromatic carbocycles. The number of aliphatic hydroxyl groups is 1. The van der Waals surface area contributed by atoms with Crippen molar-refractivity contribution in [1.29, 1.82) is 0 Å². The van der Waals surface area contributed by atoms with Crippen molar-refractivity contribution in [2.75, 3.05) is 11.9 Å². The van der Waals surface area contributed by atoms with Gasteiger partial charge in [0.25, 0.3) is 0 Å². The zero-order valence-electron chi connectivity index (χ0n) is 15.0. The van der Waals surface area contributed by atoms with Crippen LogP contribution in [0.5, 0.6) is 0 Å². The lowest BCUT2D eigenvalue weighted by Crippen LogP contribution is -2.48. The third-order valence-electron chi connectivity index (χ3n) is 4.94. The quantitative estimate of drug-likeness (QED) is 0.745. The Kier molecular flexibility index (Phi) is 5.33. The molecule has 0 aromatic heterocycles. The van der Waals surface area contributed by atoms with Crippen molar-refractivity contribution in [2.24, 2.45) is 5.41 Å². The Morgan fingerprint density at radius 3 is 2.54 bits per heavy atom. The van der Waals surface area contributed by atoms with Gasteiger partial charge >= 0.3 is 11.8 Å². The molecule has 1 aliphatic carbocycles. The monoisotopic (exact) mass is 332 g/mol. The molecule has 5 heteroatoms. The van der Waals surface area contributed by atoms with Gasteiger partial charge in [-0.25, -0.2) is 0 Å². The summed E-state index contributed by atoms with van der Waals surface area (Å²) >= 11 is 0. The highest BCUT2D eigenvalue weighted by molar-refractivity contribution is 6.39. The molecule has 0 bridgehead atoms. The second-order valence-corrected chi connectivity index (χ2v) is 7.98. The molecule has 3 N–H and O–H groups in total. The Morgan fingerprint density at radius 1 is 1.25 bits per heavy atom. The van der Waals surface area contributed by atoms with Crippen LogP contribution in [0.4, 0.5) is 5.69 Å². The average Bonchev–Trinajstić information content (AvgIpc) is 2.88. The predicted octanol–water partition coefficient (Wildman–Crippen LogP) is 2.59. The predicted molar refractivity (Wildman–Crippen MR) is 94.7 cm³/mol. The van der Waals surface area contributed by atoms with Crippen LogP contribution in [0, 0.1) is 5.41 Å². The van der Waals surface area contributed by atoms with E-state index >= 15 is 0 Å². The van der Waals surface area contributed by atoms with E-state index in [1.807, 2.05) is 25.1 Å². The molecule has 132 valence electrons. The number of para-hydroxylation sites is 1. The third kappa shape index (κ3) is 3.96. The first-order valence-corrected chi connectivity index (χ1v) is 8.49. The molecule has 1 fully saturated rings. The van der Waals surface area contributed by atoms with Gasteiger partial charge in [-0.05, 0) is 29.9 Å². The lowest BCUT2D eigenvalue weighted by molar-refractivity contribution is -0.137. The van der Waals surface area contributed by atoms with Crippen LogP contribution in [0.1, 0.15) is 52.5 Å². The molecule has 0 aliphatic heterocycles. The first-order chi connectivity index (χ1) is 11.2. The minimum absolute atomic E-state index is 0.00637. The van der Waals surface area contributed by atoms with Crippen molar-refractivity contribution in [3.05, 3.63) is 29.8 Å². The fourth-order valence-electron chi connectivity index (χ4n) is 3.32. The van der Waals surface area contributed by atoms with Gasteiger partial charge in [0.2, 0.25) is 0 Å². The number of hydrogen-bond donors (Lipinski definition) is 3. The average molecular weight is 332 g/mol. The first-order valence-electron chi connectivity index (χ1n) is 8.49. The number of amides is 2. The molecule has 0 radical (unpaired) electrons. The highest BCUT2D eigenvalue weighted by atomic mass is 16.3. The molecule has 1 aromatic rings. The van der Waals surface area contributed by atoms with E-state index < -0.39 is 11.8 Å². The Morgan fingerprint density at radius 2 is 1.92 bits per heavy atom. The van der Waals surface area contributed by atoms with Crippen molar-refractivity contribution in [3.8, 4) is 0 Å². The highest BCUT2D eigenvalue weighted by Crippen LogP contribution is 2.37. The summed E-state index contributed by atoms with van der Waals surface area (Å²) in [6.07, 6.45) is 2.58. The third-order valence-corrected chi connectivity index (χ3v) is 4.94. The number of carbonyl (C=O) groups is 2. The molecule has 0 spiro atoms. The van der Waals surface area contributed by atoms with Crippen molar-refractivity contribution >= 4 is 17.5 Å². The zero-order chi connectivity index (χ0) is 18.0. The fraction of sp³-hybridized carbons (Fsp3) is 0.579. The van der Waals surface area contributed by atoms with E-state index in [2.05, 4.69) is 31.4 Å². The highest BCUT2D eigenvalue weighted by Gasteiger charge is 2.39. The molecule has 2 amide bonds. The lowest BCUT2D eigenvalue weighted by Gasteiger charge is -2.30. The summed E-state index contributed by atoms with van der Waals surface area (Å²) < 4.78 is 0. The van der Waals surface area contributed by atoms with Gasteiger partial charge < -0.3 is 15.7 Å². The molecule has 2 rings (SSSR count). The van der Waals surface area contributed by atoms with Crippen LogP contribution < -0.4 is 10.6 Å². The second kappa shape index (κ2) is 6.93. The minimum atomic E-state index is -0.668. The standard InChI is InChI=1S/C19H28N2O3/c1-18(2,3)13-8-5-6-9-14(13)20-16(23)17(24)21-15-10-7-11-19(15,4)12-22/h5-6,8-9,15,22H,7,10-12H2,1-4H3,(H,20,23)(H,21,24). The van der Waals surface area contributed by atoms with E-state index in [4.69, 9.17) is 0 Å². The van der Waals surface area contributed by atoms with Crippen LogP contribution in [0.15, 0.2) is 24.3 Å². The van der Waals surface area contributed by atoms with E-state index in [1.54, 1.807) is 6.07 Å². The van der Waals surface area contributed by atoms with Crippen molar-refractivity contribution in [1.82, 2.24) is 5.32 Å². The topological polar surface area (TPSA) is 78.4 Å². The van der Waals surface area contributed by atoms with Crippen LogP contribution in [0.3, 0.4) is 0 Å². The van der Waals surface area contributed by atoms with Gasteiger partial charge in [-0.3, -0.25) is 9.59 Å². The molecular weight excluding hydrogens is 304 g/mol. The minimum Gasteiger partial charge on any atom is -0.396 e. The Balaban J connectivity index is 2.07. The van der Waals surface area contributed by atoms with Gasteiger partial charge in [0, 0.05) is 17.1 Å². The Hall–Kier alpha value is -1.88. The van der Waals surface area contributed by atoms with Gasteiger partial charge in [-0.1, -0.05) is 52.3 Å². The largest absolute Gasteiger partial charge is 0.396 e. The maximum atomic E-state index is 12.3. The molecule has 5 nitrogen and oxygen atoms in total. The van der Waals surface area contributed by atoms with E-state index in [-0.39, 0.29) is 23.5 Å². The first kappa shape index (κ1) is 18.5. The number of aliphatic hydroxyl groups excluding tert-OH is 1. The number of carbonyl (C=O) groups excluding carboxylic acids is 2. The second-order valence-electron chi connectivity index (χ2n) is 7.98. The van der Waals surface area contributed by atoms with Gasteiger partial charge in [0.1, 0.15) is 0 Å². The van der Waals surface area contributed by atoms with E-state index in [0.717, 1.165) is 24.8 Å². The lowest BCUT2D eigenvalue weighted by atomic mass is 9.85. The van der Waals surface area contributed by atoms with Gasteiger partial charge in [-0.2, -0.15) is 0 Å². The van der Waals surface area contributed by atoms with Crippen LogP contribution in [0.2, 0.25) is 0 Å². The SMILES string of the molecule is CC(C)(C)c1ccccc1NC(=O)C(=O)NC1CCCC1(C)CO. The molecule has 2 atom stereocenters. The molecule has 24 heavy (non-hydrogen) atoms. The number of nitrogens with one attached hydrogen (secondary N) is 2. The molecule has 2 unspecified atom stereocenters. The van der Waals surface area contributed by atoms with Crippen LogP contribution in [0.25, 0.3) is 0 Å². The van der Waals surface area contributed by atoms with Gasteiger partial charge in [0.05, 0.1) is 6.61 Å². The Labute approximate surface area is 143 Å². The Bertz CT molecular complexity index is 621. The summed E-state index contributed by atoms with van der Waals surface area (Å²) in [7, 11) is 0. The number of anilines is 1. The fourth-order valence-corrected chi connectivity index (χ4v) is 3.32. The van der Waals surface area contributed by atoms with Crippen molar-refractivity contribution in [2.45, 2.75) is 58.4 Å². The number of rotatable bonds is 3. The molecule has 0 heterocycles. The summed E-state index contributed by atoms with van der Waals surface area (Å²) in [5, 5.41) is 15.1. The normalized spacial score (nSPS) is 23.8. The maximum absolute atomic E-state index is 12.3. The van der Waals surface area contributed by atoms with E-state index in [1.165, 1.54) is 0 Å². The summed E-state index contributed by atoms with van der Waals surface area (Å²) in [6, 6.07) is 7.34. The maximum Gasteiger partial charge on any atom is 0.313 e. The van der Waals surface area contributed by atoms with Crippen LogP contribution in [-0.2, 0) is 15.0 Å². The van der Waals surface area contributed by atoms with Crippen molar-refractivity contribution < 1.29 is 14.7 Å². The number of hydrogen-bond acceptors (Lipinski definition) is 3. The molecule has 0 saturated heterocycles. The summed E-state index contributed by atoms with van der Waals surface area (Å²) in [5.41, 5.74) is 1.15. The zero-order valence-corrected chi connectivity index (χ0v) is 15.0. The summed E-state index contributed by atoms with van der Waals surface area (Å²) in [5.74, 6) is -1.32. The summed E-state index contributed by atoms with van der Waals surface area (Å²) in [4.78, 5) is 24.6.